The maximum Gasteiger partial charge on any atom is 0.252 e. The van der Waals surface area contributed by atoms with Crippen molar-refractivity contribution in [1.29, 1.82) is 0 Å². The number of carbonyl (C=O) groups excluding carboxylic acids is 1. The van der Waals surface area contributed by atoms with E-state index >= 15 is 0 Å². The van der Waals surface area contributed by atoms with Crippen molar-refractivity contribution in [3.05, 3.63) is 18.0 Å². The Kier molecular flexibility index (Phi) is 2.54. The van der Waals surface area contributed by atoms with Gasteiger partial charge in [0.05, 0.1) is 0 Å². The molecular weight excluding hydrogens is 174 g/mol. The van der Waals surface area contributed by atoms with Crippen molar-refractivity contribution in [3.63, 3.8) is 0 Å². The molecule has 0 saturated heterocycles. The molecular formula is C7H9N3OS. The third-order valence-corrected chi connectivity index (χ3v) is 1.86. The van der Waals surface area contributed by atoms with Crippen molar-refractivity contribution >= 4 is 22.6 Å². The van der Waals surface area contributed by atoms with Gasteiger partial charge in [0, 0.05) is 17.1 Å². The normalized spacial score (nSPS) is 9.50. The Morgan fingerprint density at radius 3 is 2.75 bits per heavy atom. The lowest BCUT2D eigenvalue weighted by molar-refractivity contribution is -0.112. The van der Waals surface area contributed by atoms with Crippen LogP contribution in [-0.4, -0.2) is 15.3 Å². The minimum absolute atomic E-state index is 0.217. The first-order chi connectivity index (χ1) is 5.59. The number of nitrogens with zero attached hydrogens (tertiary/aromatic N) is 2. The molecule has 1 amide bonds. The Morgan fingerprint density at radius 2 is 2.33 bits per heavy atom. The number of anilines is 1. The highest BCUT2D eigenvalue weighted by Crippen LogP contribution is 2.10. The van der Waals surface area contributed by atoms with Crippen molar-refractivity contribution in [2.45, 2.75) is 13.8 Å². The van der Waals surface area contributed by atoms with E-state index in [0.29, 0.717) is 16.5 Å². The van der Waals surface area contributed by atoms with Gasteiger partial charge in [-0.05, 0) is 13.8 Å². The molecule has 0 aromatic carbocycles. The molecule has 1 heterocycles. The molecule has 1 aromatic heterocycles. The molecule has 0 fully saturated rings. The van der Waals surface area contributed by atoms with Gasteiger partial charge in [-0.3, -0.25) is 10.1 Å². The first-order valence-electron chi connectivity index (χ1n) is 3.37. The number of nitrogens with one attached hydrogen (secondary N) is 1. The number of hydrogen-bond acceptors (Lipinski definition) is 4. The summed E-state index contributed by atoms with van der Waals surface area (Å²) in [6.07, 6.45) is 0. The fraction of sp³-hybridized carbons (Fsp3) is 0.286. The Hall–Kier alpha value is -1.23. The fourth-order valence-electron chi connectivity index (χ4n) is 0.552. The van der Waals surface area contributed by atoms with Crippen LogP contribution < -0.4 is 5.32 Å². The second kappa shape index (κ2) is 3.44. The zero-order valence-electron chi connectivity index (χ0n) is 6.92. The molecule has 0 spiro atoms. The smallest absolute Gasteiger partial charge is 0.252 e. The van der Waals surface area contributed by atoms with E-state index in [1.165, 1.54) is 0 Å². The highest BCUT2D eigenvalue weighted by atomic mass is 32.1. The minimum atomic E-state index is -0.217. The topological polar surface area (TPSA) is 54.9 Å². The summed E-state index contributed by atoms with van der Waals surface area (Å²) in [7, 11) is 0. The van der Waals surface area contributed by atoms with Crippen LogP contribution in [-0.2, 0) is 4.79 Å². The maximum absolute atomic E-state index is 11.0. The van der Waals surface area contributed by atoms with Gasteiger partial charge in [-0.1, -0.05) is 6.58 Å². The molecule has 0 atom stereocenters. The van der Waals surface area contributed by atoms with Gasteiger partial charge in [0.1, 0.15) is 5.82 Å². The molecule has 0 aliphatic heterocycles. The first-order valence-corrected chi connectivity index (χ1v) is 4.14. The van der Waals surface area contributed by atoms with E-state index in [9.17, 15) is 4.79 Å². The number of hydrogen-bond donors (Lipinski definition) is 1. The molecule has 0 saturated carbocycles. The van der Waals surface area contributed by atoms with Crippen LogP contribution in [0.3, 0.4) is 0 Å². The van der Waals surface area contributed by atoms with Gasteiger partial charge >= 0.3 is 0 Å². The molecule has 4 nitrogen and oxygen atoms in total. The van der Waals surface area contributed by atoms with Gasteiger partial charge in [0.25, 0.3) is 5.91 Å². The zero-order valence-corrected chi connectivity index (χ0v) is 7.73. The molecule has 0 aliphatic carbocycles. The molecule has 5 heteroatoms. The van der Waals surface area contributed by atoms with Gasteiger partial charge in [-0.25, -0.2) is 4.98 Å². The molecule has 1 aromatic rings. The highest BCUT2D eigenvalue weighted by molar-refractivity contribution is 7.09. The van der Waals surface area contributed by atoms with Crippen LogP contribution in [0.25, 0.3) is 0 Å². The van der Waals surface area contributed by atoms with E-state index in [0.717, 1.165) is 11.5 Å². The quantitative estimate of drug-likeness (QED) is 0.704. The molecule has 0 bridgehead atoms. The molecule has 1 rings (SSSR count). The summed E-state index contributed by atoms with van der Waals surface area (Å²) in [6.45, 7) is 6.92. The summed E-state index contributed by atoms with van der Waals surface area (Å²) in [5, 5.41) is 3.08. The van der Waals surface area contributed by atoms with Crippen LogP contribution >= 0.6 is 11.5 Å². The van der Waals surface area contributed by atoms with Crippen molar-refractivity contribution in [2.75, 3.05) is 5.32 Å². The first kappa shape index (κ1) is 8.86. The fourth-order valence-corrected chi connectivity index (χ4v) is 1.12. The van der Waals surface area contributed by atoms with Crippen LogP contribution in [0.15, 0.2) is 12.2 Å². The van der Waals surface area contributed by atoms with Crippen molar-refractivity contribution in [3.8, 4) is 0 Å². The monoisotopic (exact) mass is 183 g/mol. The largest absolute Gasteiger partial charge is 0.297 e. The van der Waals surface area contributed by atoms with E-state index in [1.807, 2.05) is 0 Å². The van der Waals surface area contributed by atoms with Crippen LogP contribution in [0.5, 0.6) is 0 Å². The second-order valence-corrected chi connectivity index (χ2v) is 3.13. The van der Waals surface area contributed by atoms with Crippen LogP contribution in [0.2, 0.25) is 0 Å². The number of rotatable bonds is 2. The summed E-state index contributed by atoms with van der Waals surface area (Å²) in [4.78, 5) is 15.0. The second-order valence-electron chi connectivity index (χ2n) is 2.38. The zero-order chi connectivity index (χ0) is 9.14. The van der Waals surface area contributed by atoms with Crippen molar-refractivity contribution in [2.24, 2.45) is 0 Å². The van der Waals surface area contributed by atoms with E-state index in [1.54, 1.807) is 13.8 Å². The predicted octanol–water partition coefficient (Wildman–Crippen LogP) is 1.36. The van der Waals surface area contributed by atoms with Crippen LogP contribution in [0.4, 0.5) is 5.13 Å². The number of carbonyl (C=O) groups is 1. The molecule has 12 heavy (non-hydrogen) atoms. The molecule has 64 valence electrons. The number of aromatic nitrogens is 2. The average molecular weight is 183 g/mol. The van der Waals surface area contributed by atoms with E-state index in [2.05, 4.69) is 21.3 Å². The summed E-state index contributed by atoms with van der Waals surface area (Å²) < 4.78 is 3.92. The molecule has 1 N–H and O–H groups in total. The number of aryl methyl sites for hydroxylation is 1. The summed E-state index contributed by atoms with van der Waals surface area (Å²) in [5.74, 6) is 0.447. The molecule has 0 aliphatic rings. The molecule has 0 unspecified atom stereocenters. The molecule has 0 radical (unpaired) electrons. The van der Waals surface area contributed by atoms with Gasteiger partial charge in [0.2, 0.25) is 5.13 Å². The van der Waals surface area contributed by atoms with E-state index in [-0.39, 0.29) is 5.91 Å². The van der Waals surface area contributed by atoms with E-state index < -0.39 is 0 Å². The maximum atomic E-state index is 11.0. The number of amides is 1. The lowest BCUT2D eigenvalue weighted by Gasteiger charge is -1.97. The Bertz CT molecular complexity index is 318. The third-order valence-electron chi connectivity index (χ3n) is 1.14. The SMILES string of the molecule is C=C(C)C(=O)Nc1nc(C)ns1. The van der Waals surface area contributed by atoms with Gasteiger partial charge in [-0.15, -0.1) is 0 Å². The standard InChI is InChI=1S/C7H9N3OS/c1-4(2)6(11)9-7-8-5(3)10-12-7/h1H2,2-3H3,(H,8,9,10,11). The minimum Gasteiger partial charge on any atom is -0.297 e. The van der Waals surface area contributed by atoms with Crippen LogP contribution in [0.1, 0.15) is 12.7 Å². The third kappa shape index (κ3) is 2.13. The Balaban J connectivity index is 2.64. The van der Waals surface area contributed by atoms with E-state index in [4.69, 9.17) is 0 Å². The summed E-state index contributed by atoms with van der Waals surface area (Å²) in [6, 6.07) is 0. The van der Waals surface area contributed by atoms with Gasteiger partial charge in [0.15, 0.2) is 0 Å². The average Bonchev–Trinajstić information content (AvgIpc) is 2.35. The summed E-state index contributed by atoms with van der Waals surface area (Å²) in [5.41, 5.74) is 0.461. The Morgan fingerprint density at radius 1 is 1.67 bits per heavy atom. The predicted molar refractivity (Wildman–Crippen MR) is 48.1 cm³/mol. The van der Waals surface area contributed by atoms with Crippen molar-refractivity contribution < 1.29 is 4.79 Å². The lowest BCUT2D eigenvalue weighted by atomic mass is 10.3. The van der Waals surface area contributed by atoms with Gasteiger partial charge in [-0.2, -0.15) is 4.37 Å². The lowest BCUT2D eigenvalue weighted by Crippen LogP contribution is -2.11. The Labute approximate surface area is 74.5 Å². The highest BCUT2D eigenvalue weighted by Gasteiger charge is 2.05. The van der Waals surface area contributed by atoms with Gasteiger partial charge < -0.3 is 0 Å². The summed E-state index contributed by atoms with van der Waals surface area (Å²) >= 11 is 1.16. The van der Waals surface area contributed by atoms with Crippen LogP contribution in [0, 0.1) is 6.92 Å². The van der Waals surface area contributed by atoms with Crippen molar-refractivity contribution in [1.82, 2.24) is 9.36 Å².